The van der Waals surface area contributed by atoms with Crippen molar-refractivity contribution < 1.29 is 27.5 Å². The minimum Gasteiger partial charge on any atom is -0.444 e. The number of ether oxygens (including phenoxy) is 1. The van der Waals surface area contributed by atoms with Gasteiger partial charge in [0, 0.05) is 50.1 Å². The van der Waals surface area contributed by atoms with Gasteiger partial charge in [0.05, 0.1) is 22.0 Å². The summed E-state index contributed by atoms with van der Waals surface area (Å²) in [6.07, 6.45) is 2.46. The monoisotopic (exact) mass is 742 g/mol. The maximum absolute atomic E-state index is 13.6. The first kappa shape index (κ1) is 37.8. The van der Waals surface area contributed by atoms with Gasteiger partial charge in [0.25, 0.3) is 0 Å². The van der Waals surface area contributed by atoms with Crippen LogP contribution in [0.15, 0.2) is 41.3 Å². The number of aryl methyl sites for hydroxylation is 1. The van der Waals surface area contributed by atoms with E-state index in [1.807, 2.05) is 20.0 Å². The summed E-state index contributed by atoms with van der Waals surface area (Å²) >= 11 is 0. The molecule has 0 radical (unpaired) electrons. The third kappa shape index (κ3) is 8.49. The van der Waals surface area contributed by atoms with E-state index in [4.69, 9.17) is 4.74 Å². The van der Waals surface area contributed by atoms with Gasteiger partial charge in [-0.05, 0) is 108 Å². The van der Waals surface area contributed by atoms with E-state index in [1.165, 1.54) is 33.0 Å². The van der Waals surface area contributed by atoms with Crippen molar-refractivity contribution in [3.8, 4) is 17.9 Å². The van der Waals surface area contributed by atoms with Crippen LogP contribution in [0.3, 0.4) is 0 Å². The molecule has 3 aliphatic rings. The molecule has 14 nitrogen and oxygen atoms in total. The van der Waals surface area contributed by atoms with Crippen molar-refractivity contribution in [3.05, 3.63) is 53.1 Å². The number of aromatic nitrogens is 2. The zero-order valence-corrected chi connectivity index (χ0v) is 31.6. The fourth-order valence-electron chi connectivity index (χ4n) is 7.12. The summed E-state index contributed by atoms with van der Waals surface area (Å²) in [5, 5.41) is 20.4. The van der Waals surface area contributed by atoms with Gasteiger partial charge in [0.2, 0.25) is 15.9 Å². The number of hydrogen-bond donors (Lipinski definition) is 2. The third-order valence-corrected chi connectivity index (χ3v) is 11.9. The molecule has 1 aromatic heterocycles. The number of piperidine rings is 2. The summed E-state index contributed by atoms with van der Waals surface area (Å²) in [5.41, 5.74) is 2.18. The Morgan fingerprint density at radius 2 is 1.74 bits per heavy atom. The number of carbonyl (C=O) groups is 3. The molecule has 1 atom stereocenters. The summed E-state index contributed by atoms with van der Waals surface area (Å²) in [5.74, 6) is 6.96. The molecule has 0 saturated carbocycles. The van der Waals surface area contributed by atoms with E-state index in [0.717, 1.165) is 36.8 Å². The van der Waals surface area contributed by atoms with Crippen LogP contribution >= 0.6 is 0 Å². The molecule has 2 N–H and O–H groups in total. The minimum atomic E-state index is -3.84. The number of carbonyl (C=O) groups excluding carboxylic acids is 3. The molecule has 4 heterocycles. The van der Waals surface area contributed by atoms with E-state index in [1.54, 1.807) is 25.5 Å². The smallest absolute Gasteiger partial charge is 0.407 e. The van der Waals surface area contributed by atoms with Crippen molar-refractivity contribution in [2.45, 2.75) is 88.3 Å². The Labute approximate surface area is 310 Å². The van der Waals surface area contributed by atoms with Gasteiger partial charge in [0.1, 0.15) is 11.7 Å². The van der Waals surface area contributed by atoms with Crippen LogP contribution in [-0.2, 0) is 26.6 Å². The maximum Gasteiger partial charge on any atom is 0.407 e. The number of rotatable bonds is 6. The number of nitrogens with zero attached hydrogens (tertiary/aromatic N) is 6. The van der Waals surface area contributed by atoms with E-state index in [2.05, 4.69) is 50.7 Å². The number of imide groups is 1. The molecule has 2 aromatic carbocycles. The van der Waals surface area contributed by atoms with Gasteiger partial charge in [0.15, 0.2) is 5.82 Å². The highest BCUT2D eigenvalue weighted by Crippen LogP contribution is 2.34. The van der Waals surface area contributed by atoms with Gasteiger partial charge >= 0.3 is 12.1 Å². The Morgan fingerprint density at radius 1 is 1.02 bits per heavy atom. The van der Waals surface area contributed by atoms with Crippen LogP contribution in [0, 0.1) is 23.2 Å². The van der Waals surface area contributed by atoms with Gasteiger partial charge in [-0.25, -0.2) is 18.0 Å². The number of alkyl carbamates (subject to hydrolysis) is 1. The third-order valence-electron chi connectivity index (χ3n) is 10.1. The molecule has 1 unspecified atom stereocenters. The quantitative estimate of drug-likeness (QED) is 0.352. The first-order valence-electron chi connectivity index (χ1n) is 18.0. The number of amides is 4. The number of likely N-dealkylation sites (tertiary alicyclic amines) is 1. The van der Waals surface area contributed by atoms with Crippen molar-refractivity contribution in [2.24, 2.45) is 7.05 Å². The molecule has 3 aromatic rings. The lowest BCUT2D eigenvalue weighted by Gasteiger charge is -2.34. The molecule has 0 bridgehead atoms. The predicted molar refractivity (Wildman–Crippen MR) is 198 cm³/mol. The lowest BCUT2D eigenvalue weighted by Crippen LogP contribution is -2.49. The fraction of sp³-hybridized carbons (Fsp3) is 0.500. The van der Waals surface area contributed by atoms with Crippen LogP contribution in [0.1, 0.15) is 82.4 Å². The number of nitriles is 1. The number of hydrogen-bond acceptors (Lipinski definition) is 9. The largest absolute Gasteiger partial charge is 0.444 e. The standard InChI is InChI=1S/C38H46N8O6S/c1-25(44-17-12-26(13-18-44)28-9-11-32-33(23-28)43(5)42-35(32)46-21-16-34(47)41-36(46)48)6-7-27-22-31(10-8-29(27)24-39)53(50,51)45-19-14-30(15-20-45)40-37(49)52-38(2,3)4/h8-11,22-23,25-26,30H,12-21H2,1-5H3,(H,40,49)(H,41,47,48). The normalized spacial score (nSPS) is 18.9. The van der Waals surface area contributed by atoms with E-state index in [9.17, 15) is 28.1 Å². The average molecular weight is 743 g/mol. The highest BCUT2D eigenvalue weighted by molar-refractivity contribution is 7.89. The average Bonchev–Trinajstić information content (AvgIpc) is 3.44. The fourth-order valence-corrected chi connectivity index (χ4v) is 8.61. The number of benzene rings is 2. The Hall–Kier alpha value is -4.96. The van der Waals surface area contributed by atoms with Crippen molar-refractivity contribution in [1.82, 2.24) is 29.6 Å². The Balaban J connectivity index is 1.07. The molecule has 3 aliphatic heterocycles. The molecular weight excluding hydrogens is 697 g/mol. The molecular formula is C38H46N8O6S. The summed E-state index contributed by atoms with van der Waals surface area (Å²) in [6.45, 7) is 9.79. The maximum atomic E-state index is 13.6. The summed E-state index contributed by atoms with van der Waals surface area (Å²) in [7, 11) is -1.99. The summed E-state index contributed by atoms with van der Waals surface area (Å²) < 4.78 is 35.8. The van der Waals surface area contributed by atoms with Crippen LogP contribution in [0.4, 0.5) is 15.4 Å². The zero-order valence-electron chi connectivity index (χ0n) is 30.8. The van der Waals surface area contributed by atoms with Crippen LogP contribution in [0.25, 0.3) is 10.9 Å². The van der Waals surface area contributed by atoms with E-state index in [0.29, 0.717) is 35.7 Å². The predicted octanol–water partition coefficient (Wildman–Crippen LogP) is 4.19. The molecule has 6 rings (SSSR count). The van der Waals surface area contributed by atoms with Gasteiger partial charge < -0.3 is 10.1 Å². The number of fused-ring (bicyclic) bond motifs is 1. The molecule has 0 spiro atoms. The molecule has 0 aliphatic carbocycles. The van der Waals surface area contributed by atoms with E-state index in [-0.39, 0.29) is 48.9 Å². The zero-order chi connectivity index (χ0) is 38.1. The van der Waals surface area contributed by atoms with Gasteiger partial charge in [-0.2, -0.15) is 14.7 Å². The molecule has 53 heavy (non-hydrogen) atoms. The lowest BCUT2D eigenvalue weighted by molar-refractivity contribution is -0.120. The molecule has 280 valence electrons. The van der Waals surface area contributed by atoms with Crippen molar-refractivity contribution in [2.75, 3.05) is 37.6 Å². The second kappa shape index (κ2) is 15.2. The first-order chi connectivity index (χ1) is 25.1. The van der Waals surface area contributed by atoms with E-state index >= 15 is 0 Å². The SMILES string of the molecule is CC(C#Cc1cc(S(=O)(=O)N2CCC(NC(=O)OC(C)(C)C)CC2)ccc1C#N)N1CCC(c2ccc3c(N4CCC(=O)NC4=O)nn(C)c3c2)CC1. The minimum absolute atomic E-state index is 0.0830. The van der Waals surface area contributed by atoms with E-state index < -0.39 is 27.7 Å². The summed E-state index contributed by atoms with van der Waals surface area (Å²) in [6, 6.07) is 12.1. The summed E-state index contributed by atoms with van der Waals surface area (Å²) in [4.78, 5) is 40.2. The van der Waals surface area contributed by atoms with Gasteiger partial charge in [-0.3, -0.25) is 24.6 Å². The van der Waals surface area contributed by atoms with Crippen molar-refractivity contribution >= 4 is 44.8 Å². The van der Waals surface area contributed by atoms with Gasteiger partial charge in [-0.1, -0.05) is 17.9 Å². The first-order valence-corrected chi connectivity index (χ1v) is 19.4. The highest BCUT2D eigenvalue weighted by atomic mass is 32.2. The Bertz CT molecular complexity index is 2120. The van der Waals surface area contributed by atoms with Crippen LogP contribution in [-0.4, -0.2) is 95.8 Å². The molecule has 4 amide bonds. The van der Waals surface area contributed by atoms with Gasteiger partial charge in [-0.15, -0.1) is 0 Å². The molecule has 3 fully saturated rings. The topological polar surface area (TPSA) is 170 Å². The number of sulfonamides is 1. The van der Waals surface area contributed by atoms with Crippen LogP contribution in [0.5, 0.6) is 0 Å². The number of nitrogens with one attached hydrogen (secondary N) is 2. The number of urea groups is 1. The van der Waals surface area contributed by atoms with Crippen molar-refractivity contribution in [3.63, 3.8) is 0 Å². The number of anilines is 1. The molecule has 3 saturated heterocycles. The van der Waals surface area contributed by atoms with Crippen LogP contribution in [0.2, 0.25) is 0 Å². The molecule has 15 heteroatoms. The Morgan fingerprint density at radius 3 is 2.40 bits per heavy atom. The lowest BCUT2D eigenvalue weighted by atomic mass is 9.88. The second-order valence-corrected chi connectivity index (χ2v) is 16.8. The van der Waals surface area contributed by atoms with Crippen molar-refractivity contribution in [1.29, 1.82) is 5.26 Å². The van der Waals surface area contributed by atoms with Crippen LogP contribution < -0.4 is 15.5 Å². The highest BCUT2D eigenvalue weighted by Gasteiger charge is 2.32. The second-order valence-electron chi connectivity index (χ2n) is 14.9. The Kier molecular flexibility index (Phi) is 10.8.